The lowest BCUT2D eigenvalue weighted by Gasteiger charge is -2.26. The number of aryl methyl sites for hydroxylation is 3. The number of sulfonamides is 1. The Kier molecular flexibility index (Phi) is 7.36. The first-order chi connectivity index (χ1) is 15.2. The molecule has 0 bridgehead atoms. The van der Waals surface area contributed by atoms with E-state index in [1.165, 1.54) is 9.87 Å². The number of carbonyl (C=O) groups is 1. The third kappa shape index (κ3) is 5.37. The monoisotopic (exact) mass is 450 g/mol. The van der Waals surface area contributed by atoms with E-state index in [0.717, 1.165) is 23.1 Å². The second-order valence-corrected chi connectivity index (χ2v) is 9.86. The highest BCUT2D eigenvalue weighted by molar-refractivity contribution is 7.92. The number of hydrogen-bond acceptors (Lipinski definition) is 3. The van der Waals surface area contributed by atoms with Crippen LogP contribution in [0, 0.1) is 13.8 Å². The summed E-state index contributed by atoms with van der Waals surface area (Å²) in [5.74, 6) is -0.365. The number of anilines is 1. The predicted molar refractivity (Wildman–Crippen MR) is 129 cm³/mol. The standard InChI is InChI=1S/C26H30N2O3S/c1-5-22-12-14-23(15-13-22)21(4)27-26(29)18-28(25-9-7-6-8-20(25)3)32(30,31)24-16-10-19(2)11-17-24/h6-17,21H,5,18H2,1-4H3,(H,27,29)/t21-/m0/s1. The summed E-state index contributed by atoms with van der Waals surface area (Å²) >= 11 is 0. The van der Waals surface area contributed by atoms with Crippen LogP contribution >= 0.6 is 0 Å². The number of benzene rings is 3. The Hall–Kier alpha value is -3.12. The molecule has 1 amide bonds. The fourth-order valence-electron chi connectivity index (χ4n) is 3.52. The lowest BCUT2D eigenvalue weighted by Crippen LogP contribution is -2.41. The summed E-state index contributed by atoms with van der Waals surface area (Å²) in [7, 11) is -3.93. The summed E-state index contributed by atoms with van der Waals surface area (Å²) in [6.45, 7) is 7.42. The molecule has 0 heterocycles. The quantitative estimate of drug-likeness (QED) is 0.529. The van der Waals surface area contributed by atoms with Crippen molar-refractivity contribution < 1.29 is 13.2 Å². The van der Waals surface area contributed by atoms with Gasteiger partial charge in [-0.05, 0) is 62.1 Å². The molecule has 3 rings (SSSR count). The highest BCUT2D eigenvalue weighted by Gasteiger charge is 2.28. The number of amides is 1. The molecule has 1 atom stereocenters. The van der Waals surface area contributed by atoms with Gasteiger partial charge in [-0.15, -0.1) is 0 Å². The van der Waals surface area contributed by atoms with Gasteiger partial charge in [0.15, 0.2) is 0 Å². The Balaban J connectivity index is 1.87. The van der Waals surface area contributed by atoms with Crippen molar-refractivity contribution in [3.63, 3.8) is 0 Å². The summed E-state index contributed by atoms with van der Waals surface area (Å²) in [6, 6.07) is 21.7. The van der Waals surface area contributed by atoms with Crippen LogP contribution in [0.25, 0.3) is 0 Å². The van der Waals surface area contributed by atoms with Crippen LogP contribution in [0.15, 0.2) is 77.7 Å². The number of para-hydroxylation sites is 1. The average Bonchev–Trinajstić information content (AvgIpc) is 2.78. The van der Waals surface area contributed by atoms with Crippen molar-refractivity contribution in [3.8, 4) is 0 Å². The summed E-state index contributed by atoms with van der Waals surface area (Å²) in [5, 5.41) is 2.94. The molecule has 3 aromatic rings. The molecular formula is C26H30N2O3S. The van der Waals surface area contributed by atoms with E-state index in [0.29, 0.717) is 5.69 Å². The van der Waals surface area contributed by atoms with Gasteiger partial charge in [0.1, 0.15) is 6.54 Å². The minimum Gasteiger partial charge on any atom is -0.348 e. The highest BCUT2D eigenvalue weighted by atomic mass is 32.2. The average molecular weight is 451 g/mol. The van der Waals surface area contributed by atoms with Gasteiger partial charge < -0.3 is 5.32 Å². The van der Waals surface area contributed by atoms with E-state index in [9.17, 15) is 13.2 Å². The minimum atomic E-state index is -3.93. The molecule has 6 heteroatoms. The van der Waals surface area contributed by atoms with Gasteiger partial charge in [-0.3, -0.25) is 9.10 Å². The molecule has 3 aromatic carbocycles. The molecular weight excluding hydrogens is 420 g/mol. The van der Waals surface area contributed by atoms with E-state index in [4.69, 9.17) is 0 Å². The fraction of sp³-hybridized carbons (Fsp3) is 0.269. The molecule has 0 fully saturated rings. The van der Waals surface area contributed by atoms with E-state index in [1.54, 1.807) is 36.4 Å². The Morgan fingerprint density at radius 3 is 2.16 bits per heavy atom. The molecule has 32 heavy (non-hydrogen) atoms. The first-order valence-electron chi connectivity index (χ1n) is 10.8. The molecule has 0 saturated heterocycles. The fourth-order valence-corrected chi connectivity index (χ4v) is 5.01. The van der Waals surface area contributed by atoms with Gasteiger partial charge in [0.05, 0.1) is 16.6 Å². The first kappa shape index (κ1) is 23.5. The predicted octanol–water partition coefficient (Wildman–Crippen LogP) is 4.94. The van der Waals surface area contributed by atoms with E-state index in [-0.39, 0.29) is 23.4 Å². The molecule has 0 spiro atoms. The second kappa shape index (κ2) is 10.0. The smallest absolute Gasteiger partial charge is 0.264 e. The van der Waals surface area contributed by atoms with E-state index in [1.807, 2.05) is 57.2 Å². The van der Waals surface area contributed by atoms with Crippen LogP contribution in [0.4, 0.5) is 5.69 Å². The van der Waals surface area contributed by atoms with Gasteiger partial charge in [0, 0.05) is 0 Å². The van der Waals surface area contributed by atoms with E-state index >= 15 is 0 Å². The number of nitrogens with zero attached hydrogens (tertiary/aromatic N) is 1. The number of carbonyl (C=O) groups excluding carboxylic acids is 1. The van der Waals surface area contributed by atoms with Gasteiger partial charge in [-0.1, -0.05) is 67.1 Å². The van der Waals surface area contributed by atoms with Crippen molar-refractivity contribution in [2.45, 2.75) is 45.1 Å². The van der Waals surface area contributed by atoms with Gasteiger partial charge >= 0.3 is 0 Å². The Bertz CT molecular complexity index is 1170. The van der Waals surface area contributed by atoms with Gasteiger partial charge in [0.2, 0.25) is 5.91 Å². The molecule has 0 saturated carbocycles. The largest absolute Gasteiger partial charge is 0.348 e. The third-order valence-electron chi connectivity index (χ3n) is 5.55. The lowest BCUT2D eigenvalue weighted by molar-refractivity contribution is -0.120. The zero-order chi connectivity index (χ0) is 23.3. The molecule has 0 aliphatic rings. The molecule has 0 aliphatic heterocycles. The molecule has 5 nitrogen and oxygen atoms in total. The summed E-state index contributed by atoms with van der Waals surface area (Å²) in [6.07, 6.45) is 0.948. The maximum absolute atomic E-state index is 13.5. The van der Waals surface area contributed by atoms with Crippen molar-refractivity contribution in [1.29, 1.82) is 0 Å². The van der Waals surface area contributed by atoms with Crippen molar-refractivity contribution >= 4 is 21.6 Å². The SMILES string of the molecule is CCc1ccc([C@H](C)NC(=O)CN(c2ccccc2C)S(=O)(=O)c2ccc(C)cc2)cc1. The van der Waals surface area contributed by atoms with Crippen LogP contribution in [0.5, 0.6) is 0 Å². The van der Waals surface area contributed by atoms with Crippen LogP contribution in [0.2, 0.25) is 0 Å². The maximum Gasteiger partial charge on any atom is 0.264 e. The van der Waals surface area contributed by atoms with Crippen LogP contribution in [0.1, 0.15) is 42.1 Å². The minimum absolute atomic E-state index is 0.155. The molecule has 0 unspecified atom stereocenters. The second-order valence-electron chi connectivity index (χ2n) is 8.00. The summed E-state index contributed by atoms with van der Waals surface area (Å²) in [4.78, 5) is 13.1. The molecule has 0 aromatic heterocycles. The first-order valence-corrected chi connectivity index (χ1v) is 12.2. The van der Waals surface area contributed by atoms with Gasteiger partial charge in [-0.2, -0.15) is 0 Å². The molecule has 1 N–H and O–H groups in total. The summed E-state index contributed by atoms with van der Waals surface area (Å²) in [5.41, 5.74) is 4.43. The van der Waals surface area contributed by atoms with Gasteiger partial charge in [-0.25, -0.2) is 8.42 Å². The van der Waals surface area contributed by atoms with Crippen LogP contribution in [0.3, 0.4) is 0 Å². The Labute approximate surface area is 191 Å². The third-order valence-corrected chi connectivity index (χ3v) is 7.32. The zero-order valence-corrected chi connectivity index (χ0v) is 19.8. The van der Waals surface area contributed by atoms with E-state index in [2.05, 4.69) is 12.2 Å². The van der Waals surface area contributed by atoms with Crippen molar-refractivity contribution in [1.82, 2.24) is 5.32 Å². The Morgan fingerprint density at radius 1 is 0.938 bits per heavy atom. The lowest BCUT2D eigenvalue weighted by atomic mass is 10.1. The molecule has 0 aliphatic carbocycles. The number of rotatable bonds is 8. The maximum atomic E-state index is 13.5. The number of nitrogens with one attached hydrogen (secondary N) is 1. The van der Waals surface area contributed by atoms with Crippen molar-refractivity contribution in [2.24, 2.45) is 0 Å². The Morgan fingerprint density at radius 2 is 1.56 bits per heavy atom. The van der Waals surface area contributed by atoms with Gasteiger partial charge in [0.25, 0.3) is 10.0 Å². The van der Waals surface area contributed by atoms with Crippen LogP contribution in [-0.2, 0) is 21.2 Å². The topological polar surface area (TPSA) is 66.5 Å². The normalized spacial score (nSPS) is 12.2. The van der Waals surface area contributed by atoms with Crippen LogP contribution in [-0.4, -0.2) is 20.9 Å². The molecule has 0 radical (unpaired) electrons. The molecule has 168 valence electrons. The highest BCUT2D eigenvalue weighted by Crippen LogP contribution is 2.27. The van der Waals surface area contributed by atoms with Crippen molar-refractivity contribution in [2.75, 3.05) is 10.8 Å². The zero-order valence-electron chi connectivity index (χ0n) is 19.0. The number of hydrogen-bond donors (Lipinski definition) is 1. The van der Waals surface area contributed by atoms with Crippen LogP contribution < -0.4 is 9.62 Å². The van der Waals surface area contributed by atoms with Crippen molar-refractivity contribution in [3.05, 3.63) is 95.1 Å². The summed E-state index contributed by atoms with van der Waals surface area (Å²) < 4.78 is 28.2. The van der Waals surface area contributed by atoms with E-state index < -0.39 is 10.0 Å².